The van der Waals surface area contributed by atoms with Gasteiger partial charge in [0.1, 0.15) is 12.1 Å². The van der Waals surface area contributed by atoms with E-state index in [1.165, 1.54) is 25.7 Å². The van der Waals surface area contributed by atoms with Gasteiger partial charge in [0.05, 0.1) is 11.0 Å². The largest absolute Gasteiger partial charge is 0.388 e. The summed E-state index contributed by atoms with van der Waals surface area (Å²) in [6, 6.07) is 16.0. The maximum atomic E-state index is 10.9. The number of nitrogens with zero attached hydrogens (tertiary/aromatic N) is 1. The quantitative estimate of drug-likeness (QED) is 0.227. The van der Waals surface area contributed by atoms with Crippen LogP contribution in [-0.2, 0) is 6.42 Å². The molecule has 3 N–H and O–H groups in total. The van der Waals surface area contributed by atoms with Crippen LogP contribution in [0.4, 0.5) is 5.69 Å². The first-order chi connectivity index (χ1) is 17.5. The second kappa shape index (κ2) is 13.9. The zero-order chi connectivity index (χ0) is 25.8. The number of nitrogens with one attached hydrogen (secondary N) is 3. The van der Waals surface area contributed by atoms with E-state index in [1.807, 2.05) is 55.6 Å². The molecule has 1 saturated carbocycles. The van der Waals surface area contributed by atoms with Crippen LogP contribution < -0.4 is 10.6 Å². The lowest BCUT2D eigenvalue weighted by Gasteiger charge is -2.28. The zero-order valence-electron chi connectivity index (χ0n) is 21.5. The molecule has 0 aliphatic heterocycles. The number of anilines is 1. The number of para-hydroxylation sites is 1. The van der Waals surface area contributed by atoms with Crippen LogP contribution in [0.15, 0.2) is 97.3 Å². The van der Waals surface area contributed by atoms with Crippen molar-refractivity contribution in [2.75, 3.05) is 12.4 Å². The summed E-state index contributed by atoms with van der Waals surface area (Å²) in [5, 5.41) is 6.62. The van der Waals surface area contributed by atoms with Crippen LogP contribution in [-0.4, -0.2) is 29.3 Å². The third-order valence-corrected chi connectivity index (χ3v) is 6.40. The van der Waals surface area contributed by atoms with E-state index in [1.54, 1.807) is 12.1 Å². The Kier molecular flexibility index (Phi) is 10.3. The topological polar surface area (TPSA) is 69.8 Å². The summed E-state index contributed by atoms with van der Waals surface area (Å²) in [4.78, 5) is 18.8. The summed E-state index contributed by atoms with van der Waals surface area (Å²) < 4.78 is 0. The molecule has 0 saturated heterocycles. The van der Waals surface area contributed by atoms with Crippen molar-refractivity contribution in [3.8, 4) is 0 Å². The molecule has 1 aromatic heterocycles. The minimum Gasteiger partial charge on any atom is -0.388 e. The van der Waals surface area contributed by atoms with E-state index in [2.05, 4.69) is 52.8 Å². The lowest BCUT2D eigenvalue weighted by Crippen LogP contribution is -2.32. The molecule has 5 heteroatoms. The second-order valence-corrected chi connectivity index (χ2v) is 9.24. The number of benzene rings is 2. The summed E-state index contributed by atoms with van der Waals surface area (Å²) in [6.45, 7) is 10.4. The monoisotopic (exact) mass is 482 g/mol. The molecule has 5 nitrogen and oxygen atoms in total. The van der Waals surface area contributed by atoms with Crippen LogP contribution in [0.3, 0.4) is 0 Å². The zero-order valence-corrected chi connectivity index (χ0v) is 21.5. The Labute approximate surface area is 215 Å². The molecule has 0 atom stereocenters. The van der Waals surface area contributed by atoms with Gasteiger partial charge in [-0.05, 0) is 67.5 Å². The van der Waals surface area contributed by atoms with Crippen molar-refractivity contribution in [3.05, 3.63) is 109 Å². The van der Waals surface area contributed by atoms with Gasteiger partial charge in [-0.1, -0.05) is 62.6 Å². The van der Waals surface area contributed by atoms with E-state index in [4.69, 9.17) is 0 Å². The molecule has 1 fully saturated rings. The summed E-state index contributed by atoms with van der Waals surface area (Å²) in [6.07, 6.45) is 14.4. The number of aldehydes is 1. The number of carbonyl (C=O) groups excluding carboxylic acids is 1. The number of fused-ring (bicyclic) bond motifs is 1. The Balaban J connectivity index is 0.000000383. The van der Waals surface area contributed by atoms with Crippen molar-refractivity contribution in [2.45, 2.75) is 45.1 Å². The highest BCUT2D eigenvalue weighted by Gasteiger charge is 2.18. The Hall–Kier alpha value is -3.86. The van der Waals surface area contributed by atoms with Gasteiger partial charge in [-0.3, -0.25) is 4.79 Å². The van der Waals surface area contributed by atoms with Crippen molar-refractivity contribution in [1.82, 2.24) is 15.3 Å². The van der Waals surface area contributed by atoms with Crippen molar-refractivity contribution in [3.63, 3.8) is 0 Å². The number of allylic oxidation sites excluding steroid dienone is 4. The highest BCUT2D eigenvalue weighted by atomic mass is 16.1. The number of aromatic amines is 1. The van der Waals surface area contributed by atoms with Crippen molar-refractivity contribution < 1.29 is 4.79 Å². The molecule has 2 aromatic carbocycles. The number of carbonyl (C=O) groups is 1. The van der Waals surface area contributed by atoms with Gasteiger partial charge in [0.15, 0.2) is 0 Å². The summed E-state index contributed by atoms with van der Waals surface area (Å²) in [5.74, 6) is 1.70. The highest BCUT2D eigenvalue weighted by molar-refractivity contribution is 5.84. The van der Waals surface area contributed by atoms with Gasteiger partial charge in [-0.2, -0.15) is 0 Å². The minimum absolute atomic E-state index is 0.507. The molecular formula is C31H38N4O. The van der Waals surface area contributed by atoms with Gasteiger partial charge in [0.2, 0.25) is 0 Å². The number of imidazole rings is 1. The van der Waals surface area contributed by atoms with Crippen LogP contribution in [0.5, 0.6) is 0 Å². The van der Waals surface area contributed by atoms with Gasteiger partial charge in [-0.15, -0.1) is 0 Å². The molecule has 1 aliphatic carbocycles. The fraction of sp³-hybridized carbons (Fsp3) is 0.290. The average molecular weight is 483 g/mol. The standard InChI is InChI=1S/C24H29N3O.C7H9N/c1-4-6-20(18(3)25-21-12-9-17(2)10-13-21)7-5-8-24-26-22-14-11-19(16-28)15-23(22)27-24;1-8-7-5-3-2-4-6-7/h4-7,11,14-17,21,25H,1,3,8-10,12-13H2,2H3,(H,26,27);2-6,8H,1H3/b7-5-,20-6+;. The number of hydrogen-bond donors (Lipinski definition) is 3. The summed E-state index contributed by atoms with van der Waals surface area (Å²) in [7, 11) is 1.91. The van der Waals surface area contributed by atoms with Crippen LogP contribution >= 0.6 is 0 Å². The lowest BCUT2D eigenvalue weighted by molar-refractivity contribution is 0.112. The first-order valence-electron chi connectivity index (χ1n) is 12.6. The first-order valence-corrected chi connectivity index (χ1v) is 12.6. The van der Waals surface area contributed by atoms with Crippen molar-refractivity contribution in [2.24, 2.45) is 5.92 Å². The molecule has 0 spiro atoms. The smallest absolute Gasteiger partial charge is 0.150 e. The molecule has 3 aromatic rings. The molecule has 0 amide bonds. The van der Waals surface area contributed by atoms with E-state index >= 15 is 0 Å². The third kappa shape index (κ3) is 8.12. The van der Waals surface area contributed by atoms with Gasteiger partial charge < -0.3 is 15.6 Å². The highest BCUT2D eigenvalue weighted by Crippen LogP contribution is 2.25. The molecule has 4 rings (SSSR count). The van der Waals surface area contributed by atoms with E-state index in [0.29, 0.717) is 18.0 Å². The number of aromatic nitrogens is 2. The van der Waals surface area contributed by atoms with Crippen molar-refractivity contribution in [1.29, 1.82) is 0 Å². The Morgan fingerprint density at radius 1 is 1.14 bits per heavy atom. The predicted molar refractivity (Wildman–Crippen MR) is 152 cm³/mol. The normalized spacial score (nSPS) is 17.8. The van der Waals surface area contributed by atoms with Gasteiger partial charge in [0, 0.05) is 36.5 Å². The van der Waals surface area contributed by atoms with E-state index in [9.17, 15) is 4.79 Å². The van der Waals surface area contributed by atoms with Crippen LogP contribution in [0, 0.1) is 5.92 Å². The van der Waals surface area contributed by atoms with Gasteiger partial charge in [0.25, 0.3) is 0 Å². The van der Waals surface area contributed by atoms with E-state index < -0.39 is 0 Å². The molecule has 188 valence electrons. The van der Waals surface area contributed by atoms with Crippen LogP contribution in [0.2, 0.25) is 0 Å². The van der Waals surface area contributed by atoms with Crippen molar-refractivity contribution >= 4 is 23.0 Å². The average Bonchev–Trinajstić information content (AvgIpc) is 3.32. The third-order valence-electron chi connectivity index (χ3n) is 6.40. The summed E-state index contributed by atoms with van der Waals surface area (Å²) >= 11 is 0. The Morgan fingerprint density at radius 3 is 2.53 bits per heavy atom. The fourth-order valence-corrected chi connectivity index (χ4v) is 4.27. The summed E-state index contributed by atoms with van der Waals surface area (Å²) in [5.41, 5.74) is 5.53. The number of H-pyrrole nitrogens is 1. The molecular weight excluding hydrogens is 444 g/mol. The molecule has 0 bridgehead atoms. The number of rotatable bonds is 9. The number of hydrogen-bond acceptors (Lipinski definition) is 4. The molecule has 0 radical (unpaired) electrons. The SMILES string of the molecule is C=C/C=C(\C=C/Cc1nc2ccc(C=O)cc2[nH]1)C(=C)NC1CCC(C)CC1.CNc1ccccc1. The lowest BCUT2D eigenvalue weighted by atomic mass is 9.87. The first kappa shape index (κ1) is 26.7. The predicted octanol–water partition coefficient (Wildman–Crippen LogP) is 7.00. The van der Waals surface area contributed by atoms with Gasteiger partial charge in [-0.25, -0.2) is 4.98 Å². The fourth-order valence-electron chi connectivity index (χ4n) is 4.27. The minimum atomic E-state index is 0.507. The maximum Gasteiger partial charge on any atom is 0.150 e. The molecule has 0 unspecified atom stereocenters. The van der Waals surface area contributed by atoms with E-state index in [0.717, 1.165) is 46.0 Å². The van der Waals surface area contributed by atoms with Gasteiger partial charge >= 0.3 is 0 Å². The molecule has 1 aliphatic rings. The maximum absolute atomic E-state index is 10.9. The Bertz CT molecular complexity index is 1200. The van der Waals surface area contributed by atoms with Crippen LogP contribution in [0.25, 0.3) is 11.0 Å². The van der Waals surface area contributed by atoms with Crippen LogP contribution in [0.1, 0.15) is 48.8 Å². The Morgan fingerprint density at radius 2 is 1.89 bits per heavy atom. The second-order valence-electron chi connectivity index (χ2n) is 9.24. The molecule has 36 heavy (non-hydrogen) atoms. The molecule has 1 heterocycles. The van der Waals surface area contributed by atoms with E-state index in [-0.39, 0.29) is 0 Å².